The highest BCUT2D eigenvalue weighted by molar-refractivity contribution is 6.30. The Morgan fingerprint density at radius 3 is 2.47 bits per heavy atom. The van der Waals surface area contributed by atoms with Gasteiger partial charge in [0.15, 0.2) is 5.76 Å². The van der Waals surface area contributed by atoms with Gasteiger partial charge in [-0.25, -0.2) is 0 Å². The molecule has 9 heteroatoms. The molecule has 1 aromatic heterocycles. The lowest BCUT2D eigenvalue weighted by Gasteiger charge is -2.41. The van der Waals surface area contributed by atoms with Crippen molar-refractivity contribution in [1.29, 1.82) is 0 Å². The summed E-state index contributed by atoms with van der Waals surface area (Å²) >= 11 is 5.94. The molecule has 2 aliphatic rings. The Kier molecular flexibility index (Phi) is 7.76. The van der Waals surface area contributed by atoms with E-state index in [1.165, 1.54) is 7.11 Å². The molecule has 4 rings (SSSR count). The Morgan fingerprint density at radius 2 is 1.81 bits per heavy atom. The number of carbonyl (C=O) groups excluding carboxylic acids is 3. The van der Waals surface area contributed by atoms with Crippen LogP contribution in [0.15, 0.2) is 40.8 Å². The van der Waals surface area contributed by atoms with E-state index in [1.807, 2.05) is 12.1 Å². The van der Waals surface area contributed by atoms with E-state index in [0.717, 1.165) is 12.0 Å². The molecule has 8 nitrogen and oxygen atoms in total. The fraction of sp³-hybridized carbons (Fsp3) is 0.519. The first-order valence-corrected chi connectivity index (χ1v) is 12.8. The molecule has 2 N–H and O–H groups in total. The lowest BCUT2D eigenvalue weighted by molar-refractivity contribution is -0.151. The van der Waals surface area contributed by atoms with E-state index in [2.05, 4.69) is 31.4 Å². The van der Waals surface area contributed by atoms with Crippen molar-refractivity contribution in [1.82, 2.24) is 15.5 Å². The average molecular weight is 516 g/mol. The highest BCUT2D eigenvalue weighted by atomic mass is 35.5. The molecule has 2 fully saturated rings. The number of esters is 1. The minimum absolute atomic E-state index is 0.0731. The summed E-state index contributed by atoms with van der Waals surface area (Å²) in [5.74, 6) is -0.655. The van der Waals surface area contributed by atoms with Crippen LogP contribution in [-0.4, -0.2) is 60.0 Å². The average Bonchev–Trinajstić information content (AvgIpc) is 3.46. The Bertz CT molecular complexity index is 1110. The van der Waals surface area contributed by atoms with Gasteiger partial charge in [0.1, 0.15) is 11.8 Å². The number of nitrogens with zero attached hydrogens (tertiary/aromatic N) is 1. The Labute approximate surface area is 216 Å². The molecule has 0 radical (unpaired) electrons. The number of nitrogens with one attached hydrogen (secondary N) is 2. The van der Waals surface area contributed by atoms with Crippen molar-refractivity contribution >= 4 is 29.4 Å². The zero-order valence-corrected chi connectivity index (χ0v) is 21.9. The van der Waals surface area contributed by atoms with Crippen LogP contribution in [0.5, 0.6) is 0 Å². The van der Waals surface area contributed by atoms with Crippen molar-refractivity contribution in [2.24, 2.45) is 5.92 Å². The molecule has 0 spiro atoms. The molecule has 1 saturated carbocycles. The van der Waals surface area contributed by atoms with E-state index < -0.39 is 17.9 Å². The minimum atomic E-state index is -0.662. The van der Waals surface area contributed by atoms with Crippen molar-refractivity contribution < 1.29 is 23.5 Å². The molecule has 1 saturated heterocycles. The fourth-order valence-electron chi connectivity index (χ4n) is 5.30. The van der Waals surface area contributed by atoms with Crippen LogP contribution in [-0.2, 0) is 14.3 Å². The largest absolute Gasteiger partial charge is 0.469 e. The third kappa shape index (κ3) is 5.93. The van der Waals surface area contributed by atoms with Gasteiger partial charge in [0.25, 0.3) is 5.91 Å². The van der Waals surface area contributed by atoms with Gasteiger partial charge in [-0.05, 0) is 82.9 Å². The second-order valence-corrected chi connectivity index (χ2v) is 11.1. The van der Waals surface area contributed by atoms with Crippen LogP contribution < -0.4 is 10.6 Å². The molecular weight excluding hydrogens is 482 g/mol. The SMILES string of the molecule is COC(=O)[C@@H]1C[C@H](NC(C)(C)C)CC[C@@H]1N1CCC(NC(=O)c2ccc(-c3ccc(Cl)cc3)o2)C1=O. The quantitative estimate of drug-likeness (QED) is 0.563. The van der Waals surface area contributed by atoms with Crippen molar-refractivity contribution in [3.63, 3.8) is 0 Å². The van der Waals surface area contributed by atoms with E-state index in [4.69, 9.17) is 20.8 Å². The van der Waals surface area contributed by atoms with Crippen molar-refractivity contribution in [3.05, 3.63) is 47.2 Å². The van der Waals surface area contributed by atoms with Gasteiger partial charge in [0.05, 0.1) is 13.0 Å². The maximum atomic E-state index is 13.3. The predicted molar refractivity (Wildman–Crippen MR) is 137 cm³/mol. The van der Waals surface area contributed by atoms with Crippen molar-refractivity contribution in [3.8, 4) is 11.3 Å². The zero-order chi connectivity index (χ0) is 26.0. The summed E-state index contributed by atoms with van der Waals surface area (Å²) in [5.41, 5.74) is 0.725. The first kappa shape index (κ1) is 26.2. The molecule has 2 amide bonds. The highest BCUT2D eigenvalue weighted by Crippen LogP contribution is 2.33. The molecule has 194 valence electrons. The number of benzene rings is 1. The zero-order valence-electron chi connectivity index (χ0n) is 21.2. The molecule has 2 aromatic rings. The number of ether oxygens (including phenoxy) is 1. The van der Waals surface area contributed by atoms with Crippen LogP contribution in [0.1, 0.15) is 57.0 Å². The molecular formula is C27H34ClN3O5. The van der Waals surface area contributed by atoms with E-state index >= 15 is 0 Å². The fourth-order valence-corrected chi connectivity index (χ4v) is 5.43. The topological polar surface area (TPSA) is 101 Å². The number of halogens is 1. The molecule has 0 bridgehead atoms. The number of hydrogen-bond donors (Lipinski definition) is 2. The summed E-state index contributed by atoms with van der Waals surface area (Å²) < 4.78 is 10.8. The lowest BCUT2D eigenvalue weighted by Crippen LogP contribution is -2.55. The maximum Gasteiger partial charge on any atom is 0.310 e. The molecule has 4 atom stereocenters. The smallest absolute Gasteiger partial charge is 0.310 e. The van der Waals surface area contributed by atoms with Gasteiger partial charge >= 0.3 is 5.97 Å². The number of hydrogen-bond acceptors (Lipinski definition) is 6. The number of likely N-dealkylation sites (tertiary alicyclic amines) is 1. The molecule has 1 aromatic carbocycles. The van der Waals surface area contributed by atoms with Gasteiger partial charge in [0.2, 0.25) is 5.91 Å². The molecule has 1 aliphatic carbocycles. The summed E-state index contributed by atoms with van der Waals surface area (Å²) in [7, 11) is 1.39. The van der Waals surface area contributed by atoms with Gasteiger partial charge in [-0.1, -0.05) is 11.6 Å². The summed E-state index contributed by atoms with van der Waals surface area (Å²) in [4.78, 5) is 40.5. The number of methoxy groups -OCH3 is 1. The van der Waals surface area contributed by atoms with Crippen molar-refractivity contribution in [2.75, 3.05) is 13.7 Å². The summed E-state index contributed by atoms with van der Waals surface area (Å²) in [6, 6.07) is 9.69. The second kappa shape index (κ2) is 10.6. The minimum Gasteiger partial charge on any atom is -0.469 e. The van der Waals surface area contributed by atoms with Crippen LogP contribution in [0.4, 0.5) is 0 Å². The number of carbonyl (C=O) groups is 3. The Balaban J connectivity index is 1.40. The van der Waals surface area contributed by atoms with Crippen molar-refractivity contribution in [2.45, 2.75) is 70.1 Å². The third-order valence-electron chi connectivity index (χ3n) is 6.86. The van der Waals surface area contributed by atoms with Gasteiger partial charge < -0.3 is 24.7 Å². The molecule has 2 heterocycles. The van der Waals surface area contributed by atoms with Gasteiger partial charge in [-0.15, -0.1) is 0 Å². The van der Waals surface area contributed by atoms with Crippen LogP contribution in [0.2, 0.25) is 5.02 Å². The lowest BCUT2D eigenvalue weighted by atomic mass is 9.80. The van der Waals surface area contributed by atoms with Crippen LogP contribution in [0.25, 0.3) is 11.3 Å². The Morgan fingerprint density at radius 1 is 1.08 bits per heavy atom. The third-order valence-corrected chi connectivity index (χ3v) is 7.11. The summed E-state index contributed by atoms with van der Waals surface area (Å²) in [5, 5.41) is 7.00. The monoisotopic (exact) mass is 515 g/mol. The van der Waals surface area contributed by atoms with Gasteiger partial charge in [-0.3, -0.25) is 14.4 Å². The molecule has 36 heavy (non-hydrogen) atoms. The van der Waals surface area contributed by atoms with Crippen LogP contribution in [0, 0.1) is 5.92 Å². The first-order chi connectivity index (χ1) is 17.1. The second-order valence-electron chi connectivity index (χ2n) is 10.6. The number of amides is 2. The van der Waals surface area contributed by atoms with Gasteiger partial charge in [0, 0.05) is 34.8 Å². The Hall–Kier alpha value is -2.84. The predicted octanol–water partition coefficient (Wildman–Crippen LogP) is 4.03. The number of furan rings is 1. The normalized spacial score (nSPS) is 24.6. The van der Waals surface area contributed by atoms with Gasteiger partial charge in [-0.2, -0.15) is 0 Å². The summed E-state index contributed by atoms with van der Waals surface area (Å²) in [6.07, 6.45) is 2.64. The van der Waals surface area contributed by atoms with Crippen LogP contribution in [0.3, 0.4) is 0 Å². The highest BCUT2D eigenvalue weighted by Gasteiger charge is 2.45. The van der Waals surface area contributed by atoms with E-state index in [1.54, 1.807) is 29.2 Å². The van der Waals surface area contributed by atoms with E-state index in [-0.39, 0.29) is 35.3 Å². The van der Waals surface area contributed by atoms with E-state index in [0.29, 0.717) is 36.6 Å². The maximum absolute atomic E-state index is 13.3. The summed E-state index contributed by atoms with van der Waals surface area (Å²) in [6.45, 7) is 6.77. The van der Waals surface area contributed by atoms with E-state index in [9.17, 15) is 14.4 Å². The molecule has 1 aliphatic heterocycles. The number of rotatable bonds is 6. The standard InChI is InChI=1S/C27H34ClN3O5/c1-27(2,3)30-18-9-10-21(19(15-18)26(34)35-4)31-14-13-20(25(31)33)29-24(32)23-12-11-22(36-23)16-5-7-17(28)8-6-16/h5-8,11-12,18-21,30H,9-10,13-15H2,1-4H3,(H,29,32)/t18-,19-,20?,21+/m1/s1. The first-order valence-electron chi connectivity index (χ1n) is 12.4. The molecule has 1 unspecified atom stereocenters. The van der Waals surface area contributed by atoms with Crippen LogP contribution >= 0.6 is 11.6 Å².